The van der Waals surface area contributed by atoms with Crippen LogP contribution in [0.15, 0.2) is 48.5 Å². The molecule has 0 fully saturated rings. The van der Waals surface area contributed by atoms with Crippen molar-refractivity contribution in [2.75, 3.05) is 30.5 Å². The minimum absolute atomic E-state index is 0.252. The van der Waals surface area contributed by atoms with Crippen LogP contribution >= 0.6 is 0 Å². The third-order valence-electron chi connectivity index (χ3n) is 4.23. The summed E-state index contributed by atoms with van der Waals surface area (Å²) in [7, 11) is -2.31. The van der Waals surface area contributed by atoms with E-state index >= 15 is 0 Å². The fourth-order valence-corrected chi connectivity index (χ4v) is 3.89. The number of carbonyl (C=O) groups is 3. The molecule has 0 atom stereocenters. The zero-order valence-electron chi connectivity index (χ0n) is 15.0. The first-order chi connectivity index (χ1) is 13.3. The number of carbonyl (C=O) groups excluding carboxylic acids is 3. The first-order valence-corrected chi connectivity index (χ1v) is 10.2. The molecular weight excluding hydrogens is 384 g/mol. The number of nitrogens with one attached hydrogen (secondary N) is 1. The van der Waals surface area contributed by atoms with E-state index in [1.807, 2.05) is 0 Å². The zero-order valence-corrected chi connectivity index (χ0v) is 15.9. The number of nitrogens with zero attached hydrogens (tertiary/aromatic N) is 1. The van der Waals surface area contributed by atoms with Crippen molar-refractivity contribution in [3.63, 3.8) is 0 Å². The Morgan fingerprint density at radius 2 is 1.57 bits per heavy atom. The van der Waals surface area contributed by atoms with Gasteiger partial charge in [-0.1, -0.05) is 12.1 Å². The van der Waals surface area contributed by atoms with Gasteiger partial charge in [-0.05, 0) is 36.4 Å². The highest BCUT2D eigenvalue weighted by Gasteiger charge is 2.35. The van der Waals surface area contributed by atoms with Crippen molar-refractivity contribution in [2.24, 2.45) is 0 Å². The fourth-order valence-electron chi connectivity index (χ4n) is 2.82. The quantitative estimate of drug-likeness (QED) is 0.700. The highest BCUT2D eigenvalue weighted by molar-refractivity contribution is 7.92. The lowest BCUT2D eigenvalue weighted by molar-refractivity contribution is -0.113. The summed E-state index contributed by atoms with van der Waals surface area (Å²) >= 11 is 0. The maximum Gasteiger partial charge on any atom is 0.261 e. The molecule has 3 rings (SSSR count). The summed E-state index contributed by atoms with van der Waals surface area (Å²) in [5.74, 6) is -2.40. The smallest absolute Gasteiger partial charge is 0.261 e. The van der Waals surface area contributed by atoms with E-state index in [-0.39, 0.29) is 17.7 Å². The lowest BCUT2D eigenvalue weighted by Gasteiger charge is -2.14. The third-order valence-corrected chi connectivity index (χ3v) is 5.74. The number of ether oxygens (including phenoxy) is 1. The lowest BCUT2D eigenvalue weighted by atomic mass is 10.1. The minimum atomic E-state index is -3.82. The molecule has 1 aliphatic heterocycles. The van der Waals surface area contributed by atoms with Gasteiger partial charge in [0, 0.05) is 12.2 Å². The third kappa shape index (κ3) is 4.20. The Morgan fingerprint density at radius 1 is 1.00 bits per heavy atom. The van der Waals surface area contributed by atoms with Crippen molar-refractivity contribution in [3.05, 3.63) is 59.7 Å². The van der Waals surface area contributed by atoms with E-state index < -0.39 is 39.1 Å². The molecular formula is C19H18N2O6S. The summed E-state index contributed by atoms with van der Waals surface area (Å²) in [4.78, 5) is 37.4. The van der Waals surface area contributed by atoms with Crippen molar-refractivity contribution < 1.29 is 27.5 Å². The fraction of sp³-hybridized carbons (Fsp3) is 0.211. The van der Waals surface area contributed by atoms with Crippen molar-refractivity contribution in [3.8, 4) is 5.75 Å². The molecule has 1 aliphatic rings. The van der Waals surface area contributed by atoms with E-state index in [4.69, 9.17) is 4.74 Å². The summed E-state index contributed by atoms with van der Waals surface area (Å²) in [6, 6.07) is 12.7. The molecule has 0 unspecified atom stereocenters. The maximum absolute atomic E-state index is 12.3. The van der Waals surface area contributed by atoms with Crippen molar-refractivity contribution in [1.82, 2.24) is 4.90 Å². The molecule has 0 bridgehead atoms. The molecule has 0 aromatic heterocycles. The Labute approximate surface area is 162 Å². The number of hydrogen-bond donors (Lipinski definition) is 1. The van der Waals surface area contributed by atoms with Crippen LogP contribution in [-0.2, 0) is 14.6 Å². The van der Waals surface area contributed by atoms with E-state index in [9.17, 15) is 22.8 Å². The van der Waals surface area contributed by atoms with Crippen LogP contribution in [0.25, 0.3) is 0 Å². The molecule has 0 aliphatic carbocycles. The molecule has 146 valence electrons. The molecule has 0 spiro atoms. The Morgan fingerprint density at radius 3 is 2.11 bits per heavy atom. The summed E-state index contributed by atoms with van der Waals surface area (Å²) in [5.41, 5.74) is 0.936. The van der Waals surface area contributed by atoms with Gasteiger partial charge in [-0.3, -0.25) is 19.3 Å². The van der Waals surface area contributed by atoms with Crippen LogP contribution in [0.1, 0.15) is 20.7 Å². The van der Waals surface area contributed by atoms with Crippen LogP contribution < -0.4 is 10.1 Å². The van der Waals surface area contributed by atoms with Gasteiger partial charge in [-0.2, -0.15) is 0 Å². The molecule has 3 amide bonds. The normalized spacial score (nSPS) is 13.4. The number of imide groups is 1. The Hall–Kier alpha value is -3.20. The number of methoxy groups -OCH3 is 1. The zero-order chi connectivity index (χ0) is 20.3. The number of rotatable bonds is 7. The average Bonchev–Trinajstić information content (AvgIpc) is 2.91. The van der Waals surface area contributed by atoms with Gasteiger partial charge in [0.05, 0.1) is 24.0 Å². The number of benzene rings is 2. The van der Waals surface area contributed by atoms with Gasteiger partial charge in [-0.15, -0.1) is 0 Å². The molecule has 8 nitrogen and oxygen atoms in total. The van der Waals surface area contributed by atoms with Crippen LogP contribution in [0.5, 0.6) is 5.75 Å². The van der Waals surface area contributed by atoms with Gasteiger partial charge < -0.3 is 10.1 Å². The Balaban J connectivity index is 1.57. The van der Waals surface area contributed by atoms with Crippen LogP contribution in [0, 0.1) is 0 Å². The highest BCUT2D eigenvalue weighted by atomic mass is 32.2. The largest absolute Gasteiger partial charge is 0.497 e. The van der Waals surface area contributed by atoms with E-state index in [1.165, 1.54) is 19.2 Å². The topological polar surface area (TPSA) is 110 Å². The molecule has 0 saturated heterocycles. The monoisotopic (exact) mass is 402 g/mol. The molecule has 0 saturated carbocycles. The van der Waals surface area contributed by atoms with E-state index in [0.29, 0.717) is 11.4 Å². The predicted octanol–water partition coefficient (Wildman–Crippen LogP) is 1.34. The van der Waals surface area contributed by atoms with Gasteiger partial charge in [0.1, 0.15) is 11.5 Å². The first kappa shape index (κ1) is 19.6. The molecule has 2 aromatic carbocycles. The number of hydrogen-bond acceptors (Lipinski definition) is 6. The SMILES string of the molecule is COc1ccc(NC(=O)CS(=O)(=O)CCN2C(=O)c3ccccc3C2=O)cc1. The lowest BCUT2D eigenvalue weighted by Crippen LogP contribution is -2.36. The van der Waals surface area contributed by atoms with Gasteiger partial charge in [-0.25, -0.2) is 8.42 Å². The van der Waals surface area contributed by atoms with E-state index in [1.54, 1.807) is 36.4 Å². The molecule has 1 heterocycles. The number of fused-ring (bicyclic) bond motifs is 1. The summed E-state index contributed by atoms with van der Waals surface area (Å²) in [5, 5.41) is 2.49. The van der Waals surface area contributed by atoms with Gasteiger partial charge in [0.2, 0.25) is 5.91 Å². The van der Waals surface area contributed by atoms with Crippen molar-refractivity contribution >= 4 is 33.2 Å². The minimum Gasteiger partial charge on any atom is -0.497 e. The van der Waals surface area contributed by atoms with Gasteiger partial charge in [0.25, 0.3) is 11.8 Å². The summed E-state index contributed by atoms with van der Waals surface area (Å²) in [6.45, 7) is -0.301. The number of anilines is 1. The Kier molecular flexibility index (Phi) is 5.46. The molecule has 0 radical (unpaired) electrons. The molecule has 9 heteroatoms. The van der Waals surface area contributed by atoms with E-state index in [0.717, 1.165) is 4.90 Å². The van der Waals surface area contributed by atoms with Crippen LogP contribution in [0.2, 0.25) is 0 Å². The standard InChI is InChI=1S/C19H18N2O6S/c1-27-14-8-6-13(7-9-14)20-17(22)12-28(25,26)11-10-21-18(23)15-4-2-3-5-16(15)19(21)24/h2-9H,10-12H2,1H3,(H,20,22). The summed E-state index contributed by atoms with van der Waals surface area (Å²) in [6.07, 6.45) is 0. The predicted molar refractivity (Wildman–Crippen MR) is 102 cm³/mol. The van der Waals surface area contributed by atoms with Crippen LogP contribution in [0.3, 0.4) is 0 Å². The first-order valence-electron chi connectivity index (χ1n) is 8.40. The van der Waals surface area contributed by atoms with Crippen molar-refractivity contribution in [2.45, 2.75) is 0 Å². The Bertz CT molecular complexity index is 996. The molecule has 1 N–H and O–H groups in total. The van der Waals surface area contributed by atoms with E-state index in [2.05, 4.69) is 5.32 Å². The molecule has 2 aromatic rings. The number of sulfone groups is 1. The summed E-state index contributed by atoms with van der Waals surface area (Å²) < 4.78 is 29.5. The van der Waals surface area contributed by atoms with Gasteiger partial charge in [0.15, 0.2) is 9.84 Å². The van der Waals surface area contributed by atoms with Gasteiger partial charge >= 0.3 is 0 Å². The number of amides is 3. The van der Waals surface area contributed by atoms with Crippen LogP contribution in [0.4, 0.5) is 5.69 Å². The van der Waals surface area contributed by atoms with Crippen molar-refractivity contribution in [1.29, 1.82) is 0 Å². The van der Waals surface area contributed by atoms with Crippen LogP contribution in [-0.4, -0.2) is 56.2 Å². The second-order valence-electron chi connectivity index (χ2n) is 6.18. The molecule has 28 heavy (non-hydrogen) atoms. The maximum atomic E-state index is 12.3. The average molecular weight is 402 g/mol. The highest BCUT2D eigenvalue weighted by Crippen LogP contribution is 2.22. The second kappa shape index (κ2) is 7.81. The second-order valence-corrected chi connectivity index (χ2v) is 8.36.